The molecule has 0 saturated carbocycles. The summed E-state index contributed by atoms with van der Waals surface area (Å²) in [5.41, 5.74) is 1.19. The molecule has 0 spiro atoms. The van der Waals surface area contributed by atoms with Crippen molar-refractivity contribution in [3.8, 4) is 5.75 Å². The number of morpholine rings is 1. The lowest BCUT2D eigenvalue weighted by molar-refractivity contribution is 0.0195. The van der Waals surface area contributed by atoms with E-state index in [9.17, 15) is 0 Å². The number of hydrogen-bond donors (Lipinski definition) is 1. The molecule has 7 heteroatoms. The van der Waals surface area contributed by atoms with Gasteiger partial charge in [-0.25, -0.2) is 4.99 Å². The predicted molar refractivity (Wildman–Crippen MR) is 116 cm³/mol. The van der Waals surface area contributed by atoms with Gasteiger partial charge in [0, 0.05) is 38.8 Å². The van der Waals surface area contributed by atoms with Crippen LogP contribution in [0, 0.1) is 0 Å². The Morgan fingerprint density at radius 3 is 2.62 bits per heavy atom. The molecule has 0 aliphatic carbocycles. The minimum Gasteiger partial charge on any atom is -0.497 e. The van der Waals surface area contributed by atoms with Gasteiger partial charge in [0.15, 0.2) is 5.96 Å². The van der Waals surface area contributed by atoms with Crippen molar-refractivity contribution < 1.29 is 9.47 Å². The summed E-state index contributed by atoms with van der Waals surface area (Å²) in [5, 5.41) is 3.45. The number of hydrogen-bond acceptors (Lipinski definition) is 4. The summed E-state index contributed by atoms with van der Waals surface area (Å²) in [5.74, 6) is 1.90. The Hall–Kier alpha value is -1.06. The molecular weight excluding hydrogens is 443 g/mol. The number of nitrogens with zero attached hydrogens (tertiary/aromatic N) is 3. The highest BCUT2D eigenvalue weighted by atomic mass is 127. The van der Waals surface area contributed by atoms with Gasteiger partial charge in [-0.15, -0.1) is 24.0 Å². The van der Waals surface area contributed by atoms with E-state index in [4.69, 9.17) is 14.5 Å². The molecule has 2 fully saturated rings. The normalized spacial score (nSPS) is 21.4. The molecule has 2 aliphatic rings. The quantitative estimate of drug-likeness (QED) is 0.403. The smallest absolute Gasteiger partial charge is 0.194 e. The molecule has 2 saturated heterocycles. The molecule has 26 heavy (non-hydrogen) atoms. The minimum atomic E-state index is 0. The van der Waals surface area contributed by atoms with Crippen molar-refractivity contribution in [1.29, 1.82) is 0 Å². The summed E-state index contributed by atoms with van der Waals surface area (Å²) in [6, 6.07) is 8.75. The summed E-state index contributed by atoms with van der Waals surface area (Å²) in [6.07, 6.45) is 1.20. The molecule has 1 aromatic carbocycles. The topological polar surface area (TPSA) is 49.3 Å². The molecule has 1 N–H and O–H groups in total. The molecule has 6 nitrogen and oxygen atoms in total. The van der Waals surface area contributed by atoms with Gasteiger partial charge in [0.25, 0.3) is 0 Å². The van der Waals surface area contributed by atoms with Crippen molar-refractivity contribution in [1.82, 2.24) is 15.1 Å². The van der Waals surface area contributed by atoms with E-state index in [-0.39, 0.29) is 24.0 Å². The van der Waals surface area contributed by atoms with Crippen molar-refractivity contribution in [2.24, 2.45) is 4.99 Å². The molecule has 0 amide bonds. The van der Waals surface area contributed by atoms with Gasteiger partial charge < -0.3 is 19.7 Å². The minimum absolute atomic E-state index is 0. The second kappa shape index (κ2) is 10.9. The number of benzene rings is 1. The fourth-order valence-corrected chi connectivity index (χ4v) is 3.50. The van der Waals surface area contributed by atoms with Crippen LogP contribution in [0.15, 0.2) is 29.3 Å². The maximum absolute atomic E-state index is 5.48. The van der Waals surface area contributed by atoms with Gasteiger partial charge in [0.1, 0.15) is 5.75 Å². The van der Waals surface area contributed by atoms with E-state index in [1.165, 1.54) is 12.0 Å². The first-order valence-electron chi connectivity index (χ1n) is 9.28. The third-order valence-electron chi connectivity index (χ3n) is 4.93. The van der Waals surface area contributed by atoms with E-state index in [1.54, 1.807) is 7.11 Å². The zero-order valence-electron chi connectivity index (χ0n) is 15.8. The SMILES string of the molecule is CCNC(=NCc1ccc(OC)cc1)N1CCC(N2CCOCC2)C1.I. The van der Waals surface area contributed by atoms with E-state index >= 15 is 0 Å². The summed E-state index contributed by atoms with van der Waals surface area (Å²) in [7, 11) is 1.69. The van der Waals surface area contributed by atoms with Crippen molar-refractivity contribution in [3.05, 3.63) is 29.8 Å². The molecule has 2 aliphatic heterocycles. The second-order valence-electron chi connectivity index (χ2n) is 6.56. The number of aliphatic imine (C=N–C) groups is 1. The van der Waals surface area contributed by atoms with E-state index in [2.05, 4.69) is 34.2 Å². The Kier molecular flexibility index (Phi) is 8.94. The molecule has 1 atom stereocenters. The van der Waals surface area contributed by atoms with Crippen LogP contribution < -0.4 is 10.1 Å². The number of halogens is 1. The van der Waals surface area contributed by atoms with Crippen molar-refractivity contribution in [2.75, 3.05) is 53.0 Å². The average molecular weight is 474 g/mol. The van der Waals surface area contributed by atoms with Crippen molar-refractivity contribution in [3.63, 3.8) is 0 Å². The number of guanidine groups is 1. The van der Waals surface area contributed by atoms with Gasteiger partial charge in [-0.1, -0.05) is 12.1 Å². The van der Waals surface area contributed by atoms with E-state index in [0.29, 0.717) is 12.6 Å². The monoisotopic (exact) mass is 474 g/mol. The number of methoxy groups -OCH3 is 1. The first-order valence-corrected chi connectivity index (χ1v) is 9.28. The molecule has 146 valence electrons. The summed E-state index contributed by atoms with van der Waals surface area (Å²) >= 11 is 0. The molecule has 0 radical (unpaired) electrons. The number of rotatable bonds is 5. The van der Waals surface area contributed by atoms with E-state index in [1.807, 2.05) is 12.1 Å². The Morgan fingerprint density at radius 2 is 1.96 bits per heavy atom. The molecule has 1 aromatic rings. The highest BCUT2D eigenvalue weighted by molar-refractivity contribution is 14.0. The van der Waals surface area contributed by atoms with Gasteiger partial charge in [-0.2, -0.15) is 0 Å². The Balaban J connectivity index is 0.00000243. The molecule has 1 unspecified atom stereocenters. The zero-order valence-corrected chi connectivity index (χ0v) is 18.1. The van der Waals surface area contributed by atoms with Crippen molar-refractivity contribution >= 4 is 29.9 Å². The fourth-order valence-electron chi connectivity index (χ4n) is 3.50. The number of likely N-dealkylation sites (tertiary alicyclic amines) is 1. The summed E-state index contributed by atoms with van der Waals surface area (Å²) in [4.78, 5) is 9.81. The standard InChI is InChI=1S/C19H30N4O2.HI/c1-3-20-19(21-14-16-4-6-18(24-2)7-5-16)23-9-8-17(15-23)22-10-12-25-13-11-22;/h4-7,17H,3,8-15H2,1-2H3,(H,20,21);1H. The summed E-state index contributed by atoms with van der Waals surface area (Å²) < 4.78 is 10.7. The maximum Gasteiger partial charge on any atom is 0.194 e. The largest absolute Gasteiger partial charge is 0.497 e. The van der Waals surface area contributed by atoms with Crippen LogP contribution in [-0.2, 0) is 11.3 Å². The van der Waals surface area contributed by atoms with Gasteiger partial charge in [-0.3, -0.25) is 4.90 Å². The number of nitrogens with one attached hydrogen (secondary N) is 1. The lowest BCUT2D eigenvalue weighted by Crippen LogP contribution is -2.46. The lowest BCUT2D eigenvalue weighted by Gasteiger charge is -2.32. The maximum atomic E-state index is 5.48. The second-order valence-corrected chi connectivity index (χ2v) is 6.56. The summed E-state index contributed by atoms with van der Waals surface area (Å²) in [6.45, 7) is 9.65. The Morgan fingerprint density at radius 1 is 1.23 bits per heavy atom. The van der Waals surface area contributed by atoms with Crippen LogP contribution in [0.3, 0.4) is 0 Å². The zero-order chi connectivity index (χ0) is 17.5. The van der Waals surface area contributed by atoms with Crippen LogP contribution in [0.25, 0.3) is 0 Å². The van der Waals surface area contributed by atoms with Crippen LogP contribution in [-0.4, -0.2) is 74.8 Å². The highest BCUT2D eigenvalue weighted by Crippen LogP contribution is 2.18. The third-order valence-corrected chi connectivity index (χ3v) is 4.93. The molecule has 3 rings (SSSR count). The van der Waals surface area contributed by atoms with Crippen LogP contribution >= 0.6 is 24.0 Å². The third kappa shape index (κ3) is 5.72. The fraction of sp³-hybridized carbons (Fsp3) is 0.632. The van der Waals surface area contributed by atoms with Gasteiger partial charge in [0.2, 0.25) is 0 Å². The van der Waals surface area contributed by atoms with E-state index < -0.39 is 0 Å². The molecular formula is C19H31IN4O2. The first kappa shape index (κ1) is 21.2. The van der Waals surface area contributed by atoms with Crippen LogP contribution in [0.5, 0.6) is 5.75 Å². The molecule has 0 bridgehead atoms. The molecule has 0 aromatic heterocycles. The Bertz CT molecular complexity index is 561. The molecule has 2 heterocycles. The van der Waals surface area contributed by atoms with Crippen molar-refractivity contribution in [2.45, 2.75) is 25.9 Å². The van der Waals surface area contributed by atoms with Crippen LogP contribution in [0.4, 0.5) is 0 Å². The highest BCUT2D eigenvalue weighted by Gasteiger charge is 2.30. The van der Waals surface area contributed by atoms with Crippen LogP contribution in [0.1, 0.15) is 18.9 Å². The first-order chi connectivity index (χ1) is 12.3. The van der Waals surface area contributed by atoms with Gasteiger partial charge in [-0.05, 0) is 31.0 Å². The van der Waals surface area contributed by atoms with E-state index in [0.717, 1.165) is 57.6 Å². The van der Waals surface area contributed by atoms with Crippen LogP contribution in [0.2, 0.25) is 0 Å². The average Bonchev–Trinajstić information content (AvgIpc) is 3.16. The Labute approximate surface area is 173 Å². The van der Waals surface area contributed by atoms with Gasteiger partial charge >= 0.3 is 0 Å². The number of ether oxygens (including phenoxy) is 2. The predicted octanol–water partition coefficient (Wildman–Crippen LogP) is 2.19. The lowest BCUT2D eigenvalue weighted by atomic mass is 10.2. The van der Waals surface area contributed by atoms with Gasteiger partial charge in [0.05, 0.1) is 26.9 Å².